The van der Waals surface area contributed by atoms with Crippen molar-refractivity contribution in [3.8, 4) is 0 Å². The Morgan fingerprint density at radius 2 is 1.90 bits per heavy atom. The van der Waals surface area contributed by atoms with Gasteiger partial charge in [-0.15, -0.1) is 0 Å². The van der Waals surface area contributed by atoms with Crippen LogP contribution in [-0.4, -0.2) is 62.5 Å². The maximum absolute atomic E-state index is 14.5. The number of halogens is 2. The molecule has 42 heavy (non-hydrogen) atoms. The molecule has 1 saturated carbocycles. The zero-order valence-corrected chi connectivity index (χ0v) is 25.5. The minimum absolute atomic E-state index is 0.118. The summed E-state index contributed by atoms with van der Waals surface area (Å²) in [6.45, 7) is 6.45. The van der Waals surface area contributed by atoms with Crippen LogP contribution in [0.25, 0.3) is 10.9 Å². The normalized spacial score (nSPS) is 19.4. The number of aromatic nitrogens is 2. The second-order valence-corrected chi connectivity index (χ2v) is 12.7. The van der Waals surface area contributed by atoms with Gasteiger partial charge < -0.3 is 24.8 Å². The van der Waals surface area contributed by atoms with E-state index in [9.17, 15) is 23.6 Å². The standard InChI is InChI=1S/C30H33BrFN5O5/c1-17(38)21-15-36(22-9-8-18(12-20(21)22)30(10-11-30)35-28(41)42-29(2,3)4)16-26(39)37-14-19(32)13-23(37)27(40)34-25-7-5-6-24(31)33-25/h5-9,12,15,19,23H,10-11,13-14,16H2,1-4H3,(H,35,41)(H,33,34,40)/t19-,23+/m1/s1. The Labute approximate surface area is 251 Å². The first-order valence-corrected chi connectivity index (χ1v) is 14.6. The van der Waals surface area contributed by atoms with Gasteiger partial charge in [0, 0.05) is 29.1 Å². The Hall–Kier alpha value is -3.80. The summed E-state index contributed by atoms with van der Waals surface area (Å²) in [7, 11) is 0. The fourth-order valence-corrected chi connectivity index (χ4v) is 5.69. The van der Waals surface area contributed by atoms with Gasteiger partial charge in [-0.25, -0.2) is 14.2 Å². The van der Waals surface area contributed by atoms with Gasteiger partial charge in [-0.3, -0.25) is 14.4 Å². The number of anilines is 1. The van der Waals surface area contributed by atoms with Crippen molar-refractivity contribution in [3.63, 3.8) is 0 Å². The number of carbonyl (C=O) groups excluding carboxylic acids is 4. The van der Waals surface area contributed by atoms with Crippen molar-refractivity contribution in [2.75, 3.05) is 11.9 Å². The lowest BCUT2D eigenvalue weighted by Gasteiger charge is -2.24. The van der Waals surface area contributed by atoms with E-state index in [0.717, 1.165) is 18.4 Å². The zero-order valence-electron chi connectivity index (χ0n) is 23.9. The number of hydrogen-bond acceptors (Lipinski definition) is 6. The van der Waals surface area contributed by atoms with Gasteiger partial charge in [0.2, 0.25) is 11.8 Å². The Bertz CT molecular complexity index is 1580. The molecule has 5 rings (SSSR count). The monoisotopic (exact) mass is 641 g/mol. The van der Waals surface area contributed by atoms with Crippen LogP contribution in [-0.2, 0) is 26.4 Å². The third-order valence-electron chi connectivity index (χ3n) is 7.45. The summed E-state index contributed by atoms with van der Waals surface area (Å²) in [4.78, 5) is 57.0. The minimum Gasteiger partial charge on any atom is -0.444 e. The number of alkyl carbamates (subject to hydrolysis) is 1. The molecule has 2 N–H and O–H groups in total. The number of nitrogens with one attached hydrogen (secondary N) is 2. The largest absolute Gasteiger partial charge is 0.444 e. The molecule has 3 aromatic rings. The number of ketones is 1. The molecule has 2 atom stereocenters. The number of rotatable bonds is 7. The van der Waals surface area contributed by atoms with Crippen molar-refractivity contribution in [1.29, 1.82) is 0 Å². The molecule has 222 valence electrons. The number of hydrogen-bond donors (Lipinski definition) is 2. The third-order valence-corrected chi connectivity index (χ3v) is 7.89. The number of ether oxygens (including phenoxy) is 1. The fourth-order valence-electron chi connectivity index (χ4n) is 5.35. The topological polar surface area (TPSA) is 123 Å². The van der Waals surface area contributed by atoms with Crippen LogP contribution in [0.1, 0.15) is 62.9 Å². The van der Waals surface area contributed by atoms with E-state index in [1.165, 1.54) is 11.8 Å². The smallest absolute Gasteiger partial charge is 0.408 e. The lowest BCUT2D eigenvalue weighted by atomic mass is 10.0. The molecule has 1 aromatic carbocycles. The predicted octanol–water partition coefficient (Wildman–Crippen LogP) is 5.09. The van der Waals surface area contributed by atoms with Crippen LogP contribution in [0.4, 0.5) is 15.0 Å². The summed E-state index contributed by atoms with van der Waals surface area (Å²) in [6, 6.07) is 9.57. The summed E-state index contributed by atoms with van der Waals surface area (Å²) >= 11 is 3.25. The summed E-state index contributed by atoms with van der Waals surface area (Å²) in [6.07, 6.45) is 1.09. The van der Waals surface area contributed by atoms with Crippen molar-refractivity contribution in [2.24, 2.45) is 0 Å². The highest BCUT2D eigenvalue weighted by Crippen LogP contribution is 2.46. The molecule has 2 fully saturated rings. The first-order valence-electron chi connectivity index (χ1n) is 13.8. The van der Waals surface area contributed by atoms with Crippen LogP contribution in [0.5, 0.6) is 0 Å². The average molecular weight is 643 g/mol. The van der Waals surface area contributed by atoms with Crippen molar-refractivity contribution < 1.29 is 28.3 Å². The molecule has 0 unspecified atom stereocenters. The number of pyridine rings is 1. The van der Waals surface area contributed by atoms with Crippen molar-refractivity contribution in [1.82, 2.24) is 19.8 Å². The van der Waals surface area contributed by atoms with Gasteiger partial charge in [-0.1, -0.05) is 12.1 Å². The highest BCUT2D eigenvalue weighted by atomic mass is 79.9. The van der Waals surface area contributed by atoms with E-state index >= 15 is 0 Å². The second-order valence-electron chi connectivity index (χ2n) is 11.9. The molecule has 0 radical (unpaired) electrons. The van der Waals surface area contributed by atoms with Crippen LogP contribution in [0.2, 0.25) is 0 Å². The Morgan fingerprint density at radius 3 is 2.55 bits per heavy atom. The van der Waals surface area contributed by atoms with Crippen LogP contribution >= 0.6 is 15.9 Å². The molecular formula is C30H33BrFN5O5. The van der Waals surface area contributed by atoms with E-state index in [-0.39, 0.29) is 31.1 Å². The predicted molar refractivity (Wildman–Crippen MR) is 158 cm³/mol. The van der Waals surface area contributed by atoms with E-state index in [1.807, 2.05) is 18.2 Å². The van der Waals surface area contributed by atoms with Crippen molar-refractivity contribution in [3.05, 3.63) is 58.3 Å². The summed E-state index contributed by atoms with van der Waals surface area (Å²) < 4.78 is 22.1. The quantitative estimate of drug-likeness (QED) is 0.274. The van der Waals surface area contributed by atoms with E-state index in [4.69, 9.17) is 4.74 Å². The van der Waals surface area contributed by atoms with Crippen LogP contribution in [0, 0.1) is 0 Å². The lowest BCUT2D eigenvalue weighted by molar-refractivity contribution is -0.137. The fraction of sp³-hybridized carbons (Fsp3) is 0.433. The molecule has 0 spiro atoms. The molecule has 2 aromatic heterocycles. The summed E-state index contributed by atoms with van der Waals surface area (Å²) in [5.41, 5.74) is 0.679. The molecule has 3 amide bonds. The van der Waals surface area contributed by atoms with E-state index in [1.54, 1.807) is 49.7 Å². The molecule has 12 heteroatoms. The SMILES string of the molecule is CC(=O)c1cn(CC(=O)N2C[C@H](F)C[C@H]2C(=O)Nc2cccc(Br)n2)c2ccc(C3(NC(=O)OC(C)(C)C)CC3)cc12. The van der Waals surface area contributed by atoms with Crippen molar-refractivity contribution >= 4 is 56.3 Å². The van der Waals surface area contributed by atoms with Gasteiger partial charge in [0.1, 0.15) is 34.8 Å². The highest BCUT2D eigenvalue weighted by Gasteiger charge is 2.47. The molecule has 10 nitrogen and oxygen atoms in total. The number of likely N-dealkylation sites (tertiary alicyclic amines) is 1. The van der Waals surface area contributed by atoms with Gasteiger partial charge in [0.15, 0.2) is 5.78 Å². The van der Waals surface area contributed by atoms with E-state index < -0.39 is 41.3 Å². The molecule has 1 saturated heterocycles. The molecular weight excluding hydrogens is 609 g/mol. The minimum atomic E-state index is -1.34. The highest BCUT2D eigenvalue weighted by molar-refractivity contribution is 9.10. The molecule has 1 aliphatic carbocycles. The van der Waals surface area contributed by atoms with Crippen LogP contribution < -0.4 is 10.6 Å². The van der Waals surface area contributed by atoms with Gasteiger partial charge in [0.05, 0.1) is 12.1 Å². The number of amides is 3. The molecule has 1 aliphatic heterocycles. The maximum atomic E-state index is 14.5. The van der Waals surface area contributed by atoms with Crippen LogP contribution in [0.3, 0.4) is 0 Å². The Kier molecular flexibility index (Phi) is 7.86. The van der Waals surface area contributed by atoms with Crippen molar-refractivity contribution in [2.45, 2.75) is 76.9 Å². The number of fused-ring (bicyclic) bond motifs is 1. The van der Waals surface area contributed by atoms with E-state index in [2.05, 4.69) is 31.5 Å². The third kappa shape index (κ3) is 6.33. The van der Waals surface area contributed by atoms with E-state index in [0.29, 0.717) is 21.1 Å². The maximum Gasteiger partial charge on any atom is 0.408 e. The zero-order chi connectivity index (χ0) is 30.4. The Balaban J connectivity index is 1.37. The number of Topliss-reactive ketones (excluding diaryl/α,β-unsaturated/α-hetero) is 1. The van der Waals surface area contributed by atoms with Gasteiger partial charge in [-0.05, 0) is 86.3 Å². The second kappa shape index (κ2) is 11.1. The summed E-state index contributed by atoms with van der Waals surface area (Å²) in [5.74, 6) is -0.861. The summed E-state index contributed by atoms with van der Waals surface area (Å²) in [5, 5.41) is 6.28. The molecule has 0 bridgehead atoms. The number of benzene rings is 1. The Morgan fingerprint density at radius 1 is 1.17 bits per heavy atom. The molecule has 2 aliphatic rings. The van der Waals surface area contributed by atoms with Gasteiger partial charge in [0.25, 0.3) is 0 Å². The average Bonchev–Trinajstić information content (AvgIpc) is 3.41. The van der Waals surface area contributed by atoms with Gasteiger partial charge >= 0.3 is 6.09 Å². The first kappa shape index (κ1) is 29.7. The van der Waals surface area contributed by atoms with Crippen LogP contribution in [0.15, 0.2) is 47.2 Å². The number of alkyl halides is 1. The first-order chi connectivity index (χ1) is 19.7. The van der Waals surface area contributed by atoms with Gasteiger partial charge in [-0.2, -0.15) is 0 Å². The molecule has 3 heterocycles. The number of nitrogens with zero attached hydrogens (tertiary/aromatic N) is 3. The lowest BCUT2D eigenvalue weighted by Crippen LogP contribution is -2.44. The number of carbonyl (C=O) groups is 4.